The minimum atomic E-state index is 0.317. The van der Waals surface area contributed by atoms with Crippen molar-refractivity contribution >= 4 is 17.3 Å². The molecule has 2 nitrogen and oxygen atoms in total. The second-order valence-corrected chi connectivity index (χ2v) is 6.65. The number of ether oxygens (including phenoxy) is 1. The summed E-state index contributed by atoms with van der Waals surface area (Å²) in [5, 5.41) is 4.52. The number of nitrogens with one attached hydrogen (secondary N) is 1. The Morgan fingerprint density at radius 3 is 2.78 bits per heavy atom. The molecule has 2 aliphatic rings. The van der Waals surface area contributed by atoms with Gasteiger partial charge < -0.3 is 10.1 Å². The van der Waals surface area contributed by atoms with E-state index in [9.17, 15) is 0 Å². The highest BCUT2D eigenvalue weighted by Crippen LogP contribution is 2.50. The standard InChI is InChI=1S/C20H20ClNO/c1-2-23-15-10-11-19-18(12-15)16-4-3-5-17(16)20(22-19)13-6-8-14(21)9-7-13/h3-4,6-12,16-17,20,22H,2,5H2,1H3/t16-,17+,20+/m1/s1. The van der Waals surface area contributed by atoms with Crippen molar-refractivity contribution in [2.45, 2.75) is 25.3 Å². The van der Waals surface area contributed by atoms with Crippen molar-refractivity contribution in [3.63, 3.8) is 0 Å². The van der Waals surface area contributed by atoms with Crippen molar-refractivity contribution in [1.82, 2.24) is 0 Å². The second kappa shape index (κ2) is 5.93. The molecule has 23 heavy (non-hydrogen) atoms. The van der Waals surface area contributed by atoms with Gasteiger partial charge in [-0.2, -0.15) is 0 Å². The maximum Gasteiger partial charge on any atom is 0.119 e. The van der Waals surface area contributed by atoms with Crippen molar-refractivity contribution in [2.75, 3.05) is 11.9 Å². The summed E-state index contributed by atoms with van der Waals surface area (Å²) in [5.41, 5.74) is 3.86. The molecule has 4 rings (SSSR count). The van der Waals surface area contributed by atoms with Gasteiger partial charge in [0, 0.05) is 16.6 Å². The summed E-state index contributed by atoms with van der Waals surface area (Å²) in [6, 6.07) is 14.9. The molecule has 0 aromatic heterocycles. The van der Waals surface area contributed by atoms with Crippen LogP contribution in [0, 0.1) is 5.92 Å². The Bertz CT molecular complexity index is 738. The van der Waals surface area contributed by atoms with Crippen molar-refractivity contribution < 1.29 is 4.74 Å². The number of halogens is 1. The first-order chi connectivity index (χ1) is 11.3. The molecular formula is C20H20ClNO. The summed E-state index contributed by atoms with van der Waals surface area (Å²) in [6.07, 6.45) is 5.76. The van der Waals surface area contributed by atoms with E-state index in [1.165, 1.54) is 16.8 Å². The lowest BCUT2D eigenvalue weighted by Gasteiger charge is -2.37. The van der Waals surface area contributed by atoms with Crippen LogP contribution in [0.3, 0.4) is 0 Å². The van der Waals surface area contributed by atoms with E-state index in [-0.39, 0.29) is 0 Å². The summed E-state index contributed by atoms with van der Waals surface area (Å²) in [5.74, 6) is 1.95. The van der Waals surface area contributed by atoms with Gasteiger partial charge in [-0.3, -0.25) is 0 Å². The van der Waals surface area contributed by atoms with Crippen LogP contribution in [0.1, 0.15) is 36.4 Å². The molecule has 0 bridgehead atoms. The highest BCUT2D eigenvalue weighted by Gasteiger charge is 2.37. The van der Waals surface area contributed by atoms with Crippen LogP contribution >= 0.6 is 11.6 Å². The first-order valence-corrected chi connectivity index (χ1v) is 8.59. The van der Waals surface area contributed by atoms with Crippen molar-refractivity contribution in [3.05, 3.63) is 70.8 Å². The lowest BCUT2D eigenvalue weighted by atomic mass is 9.77. The van der Waals surface area contributed by atoms with Crippen LogP contribution in [0.2, 0.25) is 5.02 Å². The summed E-state index contributed by atoms with van der Waals surface area (Å²) in [4.78, 5) is 0. The molecule has 0 saturated heterocycles. The van der Waals surface area contributed by atoms with E-state index in [1.54, 1.807) is 0 Å². The van der Waals surface area contributed by atoms with Gasteiger partial charge in [-0.25, -0.2) is 0 Å². The molecular weight excluding hydrogens is 306 g/mol. The quantitative estimate of drug-likeness (QED) is 0.745. The van der Waals surface area contributed by atoms with Gasteiger partial charge in [0.2, 0.25) is 0 Å². The molecule has 3 atom stereocenters. The molecule has 1 aliphatic carbocycles. The maximum absolute atomic E-state index is 6.04. The van der Waals surface area contributed by atoms with Gasteiger partial charge in [-0.05, 0) is 60.7 Å². The van der Waals surface area contributed by atoms with E-state index in [1.807, 2.05) is 25.1 Å². The van der Waals surface area contributed by atoms with E-state index in [0.29, 0.717) is 24.5 Å². The fraction of sp³-hybridized carbons (Fsp3) is 0.300. The third kappa shape index (κ3) is 2.61. The minimum Gasteiger partial charge on any atom is -0.494 e. The lowest BCUT2D eigenvalue weighted by molar-refractivity contribution is 0.338. The van der Waals surface area contributed by atoms with Crippen molar-refractivity contribution in [3.8, 4) is 5.75 Å². The average Bonchev–Trinajstić information content (AvgIpc) is 3.05. The molecule has 118 valence electrons. The van der Waals surface area contributed by atoms with Gasteiger partial charge in [0.15, 0.2) is 0 Å². The monoisotopic (exact) mass is 325 g/mol. The van der Waals surface area contributed by atoms with Crippen molar-refractivity contribution in [2.24, 2.45) is 5.92 Å². The molecule has 1 N–H and O–H groups in total. The molecule has 0 radical (unpaired) electrons. The average molecular weight is 326 g/mol. The third-order valence-corrected chi connectivity index (χ3v) is 5.13. The van der Waals surface area contributed by atoms with Gasteiger partial charge in [0.25, 0.3) is 0 Å². The Hall–Kier alpha value is -1.93. The number of hydrogen-bond donors (Lipinski definition) is 1. The summed E-state index contributed by atoms with van der Waals surface area (Å²) in [7, 11) is 0. The van der Waals surface area contributed by atoms with E-state index >= 15 is 0 Å². The molecule has 0 spiro atoms. The third-order valence-electron chi connectivity index (χ3n) is 4.87. The van der Waals surface area contributed by atoms with E-state index < -0.39 is 0 Å². The number of benzene rings is 2. The highest BCUT2D eigenvalue weighted by atomic mass is 35.5. The fourth-order valence-corrected chi connectivity index (χ4v) is 3.96. The molecule has 2 aromatic rings. The zero-order valence-corrected chi connectivity index (χ0v) is 13.9. The van der Waals surface area contributed by atoms with E-state index in [0.717, 1.165) is 17.2 Å². The van der Waals surface area contributed by atoms with Crippen LogP contribution in [0.15, 0.2) is 54.6 Å². The van der Waals surface area contributed by atoms with Crippen LogP contribution in [0.25, 0.3) is 0 Å². The van der Waals surface area contributed by atoms with Crippen LogP contribution in [0.5, 0.6) is 5.75 Å². The van der Waals surface area contributed by atoms with Crippen LogP contribution in [-0.2, 0) is 0 Å². The fourth-order valence-electron chi connectivity index (χ4n) is 3.83. The topological polar surface area (TPSA) is 21.3 Å². The SMILES string of the molecule is CCOc1ccc2c(c1)[C@@H]1C=CC[C@@H]1[C@H](c1ccc(Cl)cc1)N2. The zero-order chi connectivity index (χ0) is 15.8. The highest BCUT2D eigenvalue weighted by molar-refractivity contribution is 6.30. The normalized spacial score (nSPS) is 24.7. The second-order valence-electron chi connectivity index (χ2n) is 6.21. The minimum absolute atomic E-state index is 0.317. The molecule has 1 heterocycles. The molecule has 0 unspecified atom stereocenters. The van der Waals surface area contributed by atoms with Crippen molar-refractivity contribution in [1.29, 1.82) is 0 Å². The Balaban J connectivity index is 1.72. The molecule has 1 aliphatic heterocycles. The first-order valence-electron chi connectivity index (χ1n) is 8.21. The van der Waals surface area contributed by atoms with Gasteiger partial charge in [-0.15, -0.1) is 0 Å². The number of hydrogen-bond acceptors (Lipinski definition) is 2. The molecule has 2 aromatic carbocycles. The number of anilines is 1. The van der Waals surface area contributed by atoms with E-state index in [2.05, 4.69) is 41.7 Å². The van der Waals surface area contributed by atoms with Gasteiger partial charge in [-0.1, -0.05) is 35.9 Å². The molecule has 0 amide bonds. The first kappa shape index (κ1) is 14.6. The summed E-state index contributed by atoms with van der Waals surface area (Å²) >= 11 is 6.04. The van der Waals surface area contributed by atoms with Gasteiger partial charge in [0.05, 0.1) is 12.6 Å². The number of rotatable bonds is 3. The summed E-state index contributed by atoms with van der Waals surface area (Å²) in [6.45, 7) is 2.72. The Labute approximate surface area is 142 Å². The molecule has 3 heteroatoms. The van der Waals surface area contributed by atoms with Gasteiger partial charge in [0.1, 0.15) is 5.75 Å². The number of fused-ring (bicyclic) bond motifs is 3. The Kier molecular flexibility index (Phi) is 3.78. The molecule has 0 saturated carbocycles. The zero-order valence-electron chi connectivity index (χ0n) is 13.1. The Morgan fingerprint density at radius 2 is 2.00 bits per heavy atom. The molecule has 0 fully saturated rings. The smallest absolute Gasteiger partial charge is 0.119 e. The Morgan fingerprint density at radius 1 is 1.17 bits per heavy atom. The van der Waals surface area contributed by atoms with Crippen LogP contribution in [-0.4, -0.2) is 6.61 Å². The van der Waals surface area contributed by atoms with Crippen LogP contribution < -0.4 is 10.1 Å². The lowest BCUT2D eigenvalue weighted by Crippen LogP contribution is -2.29. The van der Waals surface area contributed by atoms with E-state index in [4.69, 9.17) is 16.3 Å². The van der Waals surface area contributed by atoms with Gasteiger partial charge >= 0.3 is 0 Å². The predicted molar refractivity (Wildman–Crippen MR) is 95.4 cm³/mol. The summed E-state index contributed by atoms with van der Waals surface area (Å²) < 4.78 is 5.68. The maximum atomic E-state index is 6.04. The predicted octanol–water partition coefficient (Wildman–Crippen LogP) is 5.57. The largest absolute Gasteiger partial charge is 0.494 e. The van der Waals surface area contributed by atoms with Crippen LogP contribution in [0.4, 0.5) is 5.69 Å². The number of allylic oxidation sites excluding steroid dienone is 2.